The van der Waals surface area contributed by atoms with Crippen LogP contribution in [0.25, 0.3) is 0 Å². The van der Waals surface area contributed by atoms with Crippen LogP contribution in [0.1, 0.15) is 44.0 Å². The molecule has 0 aromatic carbocycles. The zero-order valence-corrected chi connectivity index (χ0v) is 11.4. The molecule has 1 aliphatic rings. The lowest BCUT2D eigenvalue weighted by Crippen LogP contribution is -2.39. The average Bonchev–Trinajstić information content (AvgIpc) is 2.30. The number of hydrogen-bond acceptors (Lipinski definition) is 2. The van der Waals surface area contributed by atoms with Gasteiger partial charge in [0.25, 0.3) is 0 Å². The van der Waals surface area contributed by atoms with Crippen LogP contribution in [0.4, 0.5) is 0 Å². The number of rotatable bonds is 1. The molecule has 2 rings (SSSR count). The first kappa shape index (κ1) is 12.9. The van der Waals surface area contributed by atoms with E-state index in [0.717, 1.165) is 37.1 Å². The third kappa shape index (κ3) is 2.08. The van der Waals surface area contributed by atoms with Crippen LogP contribution in [-0.4, -0.2) is 4.57 Å². The lowest BCUT2D eigenvalue weighted by Gasteiger charge is -2.38. The van der Waals surface area contributed by atoms with Gasteiger partial charge in [-0.2, -0.15) is 5.26 Å². The fraction of sp³-hybridized carbons (Fsp3) is 0.600. The number of pyridine rings is 1. The molecule has 0 atom stereocenters. The number of aryl methyl sites for hydroxylation is 2. The van der Waals surface area contributed by atoms with Crippen molar-refractivity contribution in [2.75, 3.05) is 0 Å². The summed E-state index contributed by atoms with van der Waals surface area (Å²) in [5, 5.41) is 9.65. The number of nitriles is 1. The Hall–Kier alpha value is -1.56. The minimum Gasteiger partial charge on any atom is -0.330 e. The van der Waals surface area contributed by atoms with E-state index >= 15 is 0 Å². The van der Waals surface area contributed by atoms with E-state index in [-0.39, 0.29) is 5.43 Å². The second-order valence-electron chi connectivity index (χ2n) is 5.64. The van der Waals surface area contributed by atoms with E-state index in [4.69, 9.17) is 0 Å². The lowest BCUT2D eigenvalue weighted by molar-refractivity contribution is 0.215. The van der Waals surface area contributed by atoms with E-state index in [2.05, 4.69) is 17.6 Å². The molecule has 0 amide bonds. The molecule has 18 heavy (non-hydrogen) atoms. The van der Waals surface area contributed by atoms with Crippen molar-refractivity contribution in [3.63, 3.8) is 0 Å². The molecule has 1 heterocycles. The first-order valence-electron chi connectivity index (χ1n) is 6.60. The van der Waals surface area contributed by atoms with E-state index < -0.39 is 5.54 Å². The van der Waals surface area contributed by atoms with Crippen molar-refractivity contribution in [3.8, 4) is 6.07 Å². The molecule has 3 nitrogen and oxygen atoms in total. The molecule has 96 valence electrons. The van der Waals surface area contributed by atoms with Gasteiger partial charge in [-0.3, -0.25) is 4.79 Å². The van der Waals surface area contributed by atoms with Crippen molar-refractivity contribution in [1.29, 1.82) is 5.26 Å². The summed E-state index contributed by atoms with van der Waals surface area (Å²) < 4.78 is 2.07. The Morgan fingerprint density at radius 1 is 1.28 bits per heavy atom. The van der Waals surface area contributed by atoms with Gasteiger partial charge in [0.15, 0.2) is 5.43 Å². The fourth-order valence-corrected chi connectivity index (χ4v) is 3.16. The molecule has 1 aromatic heterocycles. The Morgan fingerprint density at radius 2 is 1.78 bits per heavy atom. The Morgan fingerprint density at radius 3 is 2.22 bits per heavy atom. The Balaban J connectivity index is 2.53. The summed E-state index contributed by atoms with van der Waals surface area (Å²) >= 11 is 0. The number of nitrogens with zero attached hydrogens (tertiary/aromatic N) is 2. The first-order valence-corrected chi connectivity index (χ1v) is 6.60. The van der Waals surface area contributed by atoms with E-state index in [1.165, 1.54) is 0 Å². The molecule has 1 saturated carbocycles. The molecule has 1 aliphatic carbocycles. The highest BCUT2D eigenvalue weighted by Crippen LogP contribution is 2.38. The molecular weight excluding hydrogens is 224 g/mol. The zero-order valence-electron chi connectivity index (χ0n) is 11.4. The molecular formula is C15H20N2O. The topological polar surface area (TPSA) is 45.8 Å². The normalized spacial score (nSPS) is 27.8. The maximum absolute atomic E-state index is 11.5. The van der Waals surface area contributed by atoms with Crippen molar-refractivity contribution in [2.24, 2.45) is 5.92 Å². The van der Waals surface area contributed by atoms with E-state index in [0.29, 0.717) is 5.92 Å². The highest BCUT2D eigenvalue weighted by atomic mass is 16.1. The van der Waals surface area contributed by atoms with Crippen molar-refractivity contribution in [1.82, 2.24) is 4.57 Å². The fourth-order valence-electron chi connectivity index (χ4n) is 3.16. The summed E-state index contributed by atoms with van der Waals surface area (Å²) in [5.41, 5.74) is 1.37. The number of hydrogen-bond donors (Lipinski definition) is 0. The summed E-state index contributed by atoms with van der Waals surface area (Å²) in [4.78, 5) is 11.5. The predicted molar refractivity (Wildman–Crippen MR) is 71.4 cm³/mol. The average molecular weight is 244 g/mol. The quantitative estimate of drug-likeness (QED) is 0.762. The third-order valence-corrected chi connectivity index (χ3v) is 4.15. The summed E-state index contributed by atoms with van der Waals surface area (Å²) in [5.74, 6) is 0.700. The van der Waals surface area contributed by atoms with Gasteiger partial charge >= 0.3 is 0 Å². The highest BCUT2D eigenvalue weighted by molar-refractivity contribution is 5.21. The van der Waals surface area contributed by atoms with Crippen LogP contribution >= 0.6 is 0 Å². The first-order chi connectivity index (χ1) is 8.48. The van der Waals surface area contributed by atoms with Crippen LogP contribution in [0, 0.1) is 31.1 Å². The van der Waals surface area contributed by atoms with Crippen molar-refractivity contribution < 1.29 is 0 Å². The molecule has 0 bridgehead atoms. The largest absolute Gasteiger partial charge is 0.330 e. The molecule has 1 aromatic rings. The maximum atomic E-state index is 11.5. The third-order valence-electron chi connectivity index (χ3n) is 4.15. The van der Waals surface area contributed by atoms with Crippen LogP contribution in [0.5, 0.6) is 0 Å². The number of aromatic nitrogens is 1. The van der Waals surface area contributed by atoms with Gasteiger partial charge in [0.2, 0.25) is 0 Å². The minimum atomic E-state index is -0.450. The molecule has 0 spiro atoms. The smallest absolute Gasteiger partial charge is 0.182 e. The van der Waals surface area contributed by atoms with Gasteiger partial charge in [-0.1, -0.05) is 6.92 Å². The second kappa shape index (κ2) is 4.61. The Bertz CT molecular complexity index is 516. The van der Waals surface area contributed by atoms with E-state index in [1.807, 2.05) is 13.8 Å². The molecule has 0 aliphatic heterocycles. The summed E-state index contributed by atoms with van der Waals surface area (Å²) in [6, 6.07) is 5.77. The molecule has 0 radical (unpaired) electrons. The van der Waals surface area contributed by atoms with Crippen LogP contribution in [0.2, 0.25) is 0 Å². The van der Waals surface area contributed by atoms with Crippen LogP contribution < -0.4 is 5.43 Å². The van der Waals surface area contributed by atoms with Gasteiger partial charge in [0.1, 0.15) is 5.54 Å². The van der Waals surface area contributed by atoms with Crippen molar-refractivity contribution in [2.45, 2.75) is 52.0 Å². The highest BCUT2D eigenvalue weighted by Gasteiger charge is 2.37. The molecule has 1 fully saturated rings. The summed E-state index contributed by atoms with van der Waals surface area (Å²) in [6.07, 6.45) is 3.93. The monoisotopic (exact) mass is 244 g/mol. The van der Waals surface area contributed by atoms with Gasteiger partial charge in [-0.25, -0.2) is 0 Å². The molecule has 3 heteroatoms. The van der Waals surface area contributed by atoms with Crippen molar-refractivity contribution in [3.05, 3.63) is 33.7 Å². The standard InChI is InChI=1S/C15H20N2O/c1-11-4-6-15(10-16,7-5-11)17-12(2)8-14(18)9-13(17)3/h8-9,11H,4-7H2,1-3H3. The SMILES string of the molecule is Cc1cc(=O)cc(C)n1C1(C#N)CCC(C)CC1. The van der Waals surface area contributed by atoms with Crippen LogP contribution in [0.3, 0.4) is 0 Å². The van der Waals surface area contributed by atoms with Crippen LogP contribution in [0.15, 0.2) is 16.9 Å². The minimum absolute atomic E-state index is 0.0264. The maximum Gasteiger partial charge on any atom is 0.182 e. The van der Waals surface area contributed by atoms with Gasteiger partial charge in [-0.05, 0) is 45.4 Å². The van der Waals surface area contributed by atoms with Gasteiger partial charge < -0.3 is 4.57 Å². The van der Waals surface area contributed by atoms with Crippen LogP contribution in [-0.2, 0) is 5.54 Å². The molecule has 0 saturated heterocycles. The molecule has 0 N–H and O–H groups in total. The zero-order chi connectivity index (χ0) is 13.3. The Kier molecular flexibility index (Phi) is 3.30. The van der Waals surface area contributed by atoms with Gasteiger partial charge in [0, 0.05) is 23.5 Å². The van der Waals surface area contributed by atoms with E-state index in [1.54, 1.807) is 12.1 Å². The predicted octanol–water partition coefficient (Wildman–Crippen LogP) is 2.89. The van der Waals surface area contributed by atoms with Gasteiger partial charge in [-0.15, -0.1) is 0 Å². The lowest BCUT2D eigenvalue weighted by atomic mass is 9.77. The Labute approximate surface area is 108 Å². The van der Waals surface area contributed by atoms with Gasteiger partial charge in [0.05, 0.1) is 6.07 Å². The second-order valence-corrected chi connectivity index (χ2v) is 5.64. The molecule has 0 unspecified atom stereocenters. The summed E-state index contributed by atoms with van der Waals surface area (Å²) in [6.45, 7) is 6.09. The van der Waals surface area contributed by atoms with Crippen molar-refractivity contribution >= 4 is 0 Å². The van der Waals surface area contributed by atoms with E-state index in [9.17, 15) is 10.1 Å². The summed E-state index contributed by atoms with van der Waals surface area (Å²) in [7, 11) is 0.